The molecular formula is C35H44F4N4O8S. The second-order valence-corrected chi connectivity index (χ2v) is 17.9. The Hall–Kier alpha value is -4.02. The maximum absolute atomic E-state index is 14.4. The third-order valence-corrected chi connectivity index (χ3v) is 12.4. The van der Waals surface area contributed by atoms with Gasteiger partial charge >= 0.3 is 12.3 Å². The molecule has 2 saturated carbocycles. The van der Waals surface area contributed by atoms with Crippen molar-refractivity contribution in [2.45, 2.75) is 109 Å². The number of nitrogens with zero attached hydrogens (tertiary/aromatic N) is 2. The summed E-state index contributed by atoms with van der Waals surface area (Å²) in [5.74, 6) is -5.02. The van der Waals surface area contributed by atoms with Gasteiger partial charge in [0.1, 0.15) is 23.4 Å². The molecule has 0 unspecified atom stereocenters. The quantitative estimate of drug-likeness (QED) is 0.252. The van der Waals surface area contributed by atoms with Gasteiger partial charge in [0.2, 0.25) is 27.7 Å². The largest absolute Gasteiger partial charge is 0.444 e. The van der Waals surface area contributed by atoms with Crippen LogP contribution in [0.1, 0.15) is 77.8 Å². The van der Waals surface area contributed by atoms with Gasteiger partial charge in [-0.05, 0) is 56.1 Å². The van der Waals surface area contributed by atoms with Gasteiger partial charge in [0, 0.05) is 24.9 Å². The molecule has 3 fully saturated rings. The number of likely N-dealkylation sites (tertiary alicyclic amines) is 1. The molecule has 17 heteroatoms. The minimum absolute atomic E-state index is 0.0428. The van der Waals surface area contributed by atoms with Crippen LogP contribution in [-0.4, -0.2) is 84.0 Å². The maximum Gasteiger partial charge on any atom is 0.410 e. The summed E-state index contributed by atoms with van der Waals surface area (Å²) < 4.78 is 88.8. The summed E-state index contributed by atoms with van der Waals surface area (Å²) in [7, 11) is -3.97. The lowest BCUT2D eigenvalue weighted by Gasteiger charge is -2.37. The van der Waals surface area contributed by atoms with Crippen LogP contribution in [0.5, 0.6) is 0 Å². The number of hydrogen-bond acceptors (Lipinski definition) is 8. The molecule has 1 saturated heterocycles. The molecular weight excluding hydrogens is 712 g/mol. The lowest BCUT2D eigenvalue weighted by Crippen LogP contribution is -2.60. The second kappa shape index (κ2) is 13.4. The Balaban J connectivity index is 1.41. The first-order chi connectivity index (χ1) is 23.9. The first kappa shape index (κ1) is 39.2. The highest BCUT2D eigenvalue weighted by Crippen LogP contribution is 2.57. The van der Waals surface area contributed by atoms with Crippen molar-refractivity contribution in [2.24, 2.45) is 22.2 Å². The number of Topliss-reactive ketones (excluding diaryl/α,β-unsaturated/α-hetero) is 1. The lowest BCUT2D eigenvalue weighted by molar-refractivity contribution is -0.212. The highest BCUT2D eigenvalue weighted by molar-refractivity contribution is 7.90. The molecule has 52 heavy (non-hydrogen) atoms. The van der Waals surface area contributed by atoms with E-state index in [0.29, 0.717) is 37.8 Å². The van der Waals surface area contributed by atoms with E-state index in [9.17, 15) is 50.0 Å². The average Bonchev–Trinajstić information content (AvgIpc) is 3.92. The maximum atomic E-state index is 14.4. The van der Waals surface area contributed by atoms with E-state index in [-0.39, 0.29) is 32.5 Å². The highest BCUT2D eigenvalue weighted by Gasteiger charge is 2.62. The first-order valence-corrected chi connectivity index (χ1v) is 18.6. The Morgan fingerprint density at radius 3 is 2.27 bits per heavy atom. The van der Waals surface area contributed by atoms with Crippen molar-refractivity contribution in [1.29, 1.82) is 0 Å². The SMILES string of the molecule is C=C[C@@H]1C[C@]1(CC(=O)[C@@H]1C[C@@H](OC(=O)N2Cc3cccc(F)c3C2)CN1C(=O)[C@@H](NC(=O)C(C)(C)C(F)(F)F)C(C)(C)C)C(=O)NS(=O)(=O)C1CC1. The number of halogens is 4. The number of sulfonamides is 1. The topological polar surface area (TPSA) is 159 Å². The molecule has 0 radical (unpaired) electrons. The van der Waals surface area contributed by atoms with Crippen LogP contribution >= 0.6 is 0 Å². The van der Waals surface area contributed by atoms with Crippen LogP contribution in [-0.2, 0) is 47.0 Å². The van der Waals surface area contributed by atoms with Gasteiger partial charge in [-0.2, -0.15) is 13.2 Å². The number of ether oxygens (including phenoxy) is 1. The summed E-state index contributed by atoms with van der Waals surface area (Å²) in [6, 6.07) is 1.48. The molecule has 5 rings (SSSR count). The smallest absolute Gasteiger partial charge is 0.410 e. The van der Waals surface area contributed by atoms with Crippen LogP contribution < -0.4 is 10.0 Å². The fraction of sp³-hybridized carbons (Fsp3) is 0.629. The van der Waals surface area contributed by atoms with Gasteiger partial charge in [0.05, 0.1) is 29.8 Å². The Morgan fingerprint density at radius 1 is 1.08 bits per heavy atom. The predicted molar refractivity (Wildman–Crippen MR) is 178 cm³/mol. The zero-order chi connectivity index (χ0) is 38.8. The highest BCUT2D eigenvalue weighted by atomic mass is 32.2. The minimum atomic E-state index is -4.96. The summed E-state index contributed by atoms with van der Waals surface area (Å²) >= 11 is 0. The third kappa shape index (κ3) is 7.55. The van der Waals surface area contributed by atoms with Crippen molar-refractivity contribution < 1.29 is 54.7 Å². The molecule has 2 N–H and O–H groups in total. The average molecular weight is 757 g/mol. The minimum Gasteiger partial charge on any atom is -0.444 e. The summed E-state index contributed by atoms with van der Waals surface area (Å²) in [4.78, 5) is 70.5. The molecule has 0 aromatic heterocycles. The number of benzene rings is 1. The molecule has 286 valence electrons. The molecule has 4 amide bonds. The number of amides is 4. The normalized spacial score (nSPS) is 25.2. The number of fused-ring (bicyclic) bond motifs is 1. The van der Waals surface area contributed by atoms with Crippen molar-refractivity contribution in [3.05, 3.63) is 47.8 Å². The van der Waals surface area contributed by atoms with E-state index in [0.717, 1.165) is 4.90 Å². The van der Waals surface area contributed by atoms with E-state index in [2.05, 4.69) is 16.6 Å². The van der Waals surface area contributed by atoms with E-state index in [1.54, 1.807) is 6.07 Å². The summed E-state index contributed by atoms with van der Waals surface area (Å²) in [6.07, 6.45) is -5.39. The van der Waals surface area contributed by atoms with Crippen LogP contribution in [0, 0.1) is 28.0 Å². The van der Waals surface area contributed by atoms with Crippen molar-refractivity contribution in [2.75, 3.05) is 6.54 Å². The van der Waals surface area contributed by atoms with Crippen molar-refractivity contribution >= 4 is 39.6 Å². The Morgan fingerprint density at radius 2 is 1.73 bits per heavy atom. The molecule has 1 aromatic rings. The van der Waals surface area contributed by atoms with Crippen molar-refractivity contribution in [3.8, 4) is 0 Å². The van der Waals surface area contributed by atoms with E-state index in [1.165, 1.54) is 43.9 Å². The predicted octanol–water partition coefficient (Wildman–Crippen LogP) is 4.13. The van der Waals surface area contributed by atoms with Crippen LogP contribution in [0.4, 0.5) is 22.4 Å². The fourth-order valence-electron chi connectivity index (χ4n) is 6.72. The van der Waals surface area contributed by atoms with Crippen molar-refractivity contribution in [1.82, 2.24) is 19.8 Å². The summed E-state index contributed by atoms with van der Waals surface area (Å²) in [6.45, 7) is 9.16. The third-order valence-electron chi connectivity index (χ3n) is 10.6. The summed E-state index contributed by atoms with van der Waals surface area (Å²) in [5, 5.41) is 1.52. The van der Waals surface area contributed by atoms with Gasteiger partial charge in [0.15, 0.2) is 5.78 Å². The molecule has 1 aromatic carbocycles. The fourth-order valence-corrected chi connectivity index (χ4v) is 8.11. The number of ketones is 1. The van der Waals surface area contributed by atoms with Gasteiger partial charge in [-0.1, -0.05) is 39.0 Å². The molecule has 0 spiro atoms. The number of carbonyl (C=O) groups is 5. The Bertz CT molecular complexity index is 1790. The Labute approximate surface area is 299 Å². The molecule has 0 bridgehead atoms. The van der Waals surface area contributed by atoms with E-state index in [4.69, 9.17) is 4.74 Å². The van der Waals surface area contributed by atoms with Gasteiger partial charge in [-0.3, -0.25) is 28.8 Å². The number of alkyl halides is 3. The van der Waals surface area contributed by atoms with Gasteiger partial charge in [-0.15, -0.1) is 6.58 Å². The number of carbonyl (C=O) groups excluding carboxylic acids is 5. The van der Waals surface area contributed by atoms with Gasteiger partial charge in [0.25, 0.3) is 0 Å². The van der Waals surface area contributed by atoms with Crippen LogP contribution in [0.3, 0.4) is 0 Å². The van der Waals surface area contributed by atoms with Crippen LogP contribution in [0.25, 0.3) is 0 Å². The molecule has 12 nitrogen and oxygen atoms in total. The number of nitrogens with one attached hydrogen (secondary N) is 2. The molecule has 2 heterocycles. The van der Waals surface area contributed by atoms with E-state index >= 15 is 0 Å². The van der Waals surface area contributed by atoms with Gasteiger partial charge < -0.3 is 15.0 Å². The monoisotopic (exact) mass is 756 g/mol. The first-order valence-electron chi connectivity index (χ1n) is 17.0. The molecule has 2 aliphatic heterocycles. The van der Waals surface area contributed by atoms with Crippen molar-refractivity contribution in [3.63, 3.8) is 0 Å². The molecule has 2 aliphatic carbocycles. The van der Waals surface area contributed by atoms with Crippen LogP contribution in [0.15, 0.2) is 30.9 Å². The van der Waals surface area contributed by atoms with Crippen LogP contribution in [0.2, 0.25) is 0 Å². The molecule has 4 aliphatic rings. The second-order valence-electron chi connectivity index (χ2n) is 15.9. The zero-order valence-electron chi connectivity index (χ0n) is 29.6. The number of allylic oxidation sites excluding steroid dienone is 1. The van der Waals surface area contributed by atoms with E-state index in [1.807, 2.05) is 0 Å². The van der Waals surface area contributed by atoms with Gasteiger partial charge in [-0.25, -0.2) is 17.6 Å². The standard InChI is InChI=1S/C35H44F4N4O8S/c1-7-20-14-34(20,30(47)41-52(49,50)22-11-12-22)15-26(44)25-13-21(51-31(48)42-16-19-9-8-10-24(36)23(19)18-42)17-43(25)28(45)27(32(2,3)4)40-29(46)33(5,6)35(37,38)39/h7-10,20-22,25,27H,1,11-18H2,2-6H3,(H,40,46)(H,41,47)/t20-,21-,25+,27-,34-/m1/s1. The lowest BCUT2D eigenvalue weighted by atomic mass is 9.83. The molecule has 5 atom stereocenters. The number of rotatable bonds is 11. The Kier molecular flexibility index (Phi) is 10.1. The summed E-state index contributed by atoms with van der Waals surface area (Å²) in [5.41, 5.74) is -4.65. The zero-order valence-corrected chi connectivity index (χ0v) is 30.5. The van der Waals surface area contributed by atoms with E-state index < -0.39 is 104 Å². The number of hydrogen-bond donors (Lipinski definition) is 2.